The van der Waals surface area contributed by atoms with E-state index in [1.165, 1.54) is 13.3 Å². The van der Waals surface area contributed by atoms with Crippen LogP contribution in [0.15, 0.2) is 11.6 Å². The number of allylic oxidation sites excluding steroid dienone is 2. The smallest absolute Gasteiger partial charge is 0.317 e. The van der Waals surface area contributed by atoms with E-state index in [-0.39, 0.29) is 31.6 Å². The number of amides is 1. The zero-order valence-electron chi connectivity index (χ0n) is 67.7. The molecule has 0 bridgehead atoms. The van der Waals surface area contributed by atoms with Gasteiger partial charge in [0.1, 0.15) is 133 Å². The second-order valence-electron chi connectivity index (χ2n) is 37.0. The number of carbonyl (C=O) groups excluding carboxylic acids is 3. The number of unbranched alkanes of at least 4 members (excludes halogenated alkanes) is 8. The Kier molecular flexibility index (Phi) is 29.5. The van der Waals surface area contributed by atoms with Crippen molar-refractivity contribution in [2.75, 3.05) is 46.2 Å². The Morgan fingerprint density at radius 3 is 1.77 bits per heavy atom. The first-order valence-electron chi connectivity index (χ1n) is 42.0. The molecule has 0 spiro atoms. The van der Waals surface area contributed by atoms with Gasteiger partial charge in [-0.05, 0) is 111 Å². The van der Waals surface area contributed by atoms with Crippen molar-refractivity contribution in [3.05, 3.63) is 11.6 Å². The van der Waals surface area contributed by atoms with Gasteiger partial charge in [0.2, 0.25) is 12.2 Å². The van der Waals surface area contributed by atoms with Crippen molar-refractivity contribution in [1.29, 1.82) is 0 Å². The molecule has 40 atom stereocenters. The summed E-state index contributed by atoms with van der Waals surface area (Å²) in [5, 5.41) is 204. The summed E-state index contributed by atoms with van der Waals surface area (Å²) in [6.07, 6.45) is -35.7. The van der Waals surface area contributed by atoms with E-state index in [9.17, 15) is 102 Å². The molecule has 11 fully saturated rings. The summed E-state index contributed by atoms with van der Waals surface area (Å²) in [5.74, 6) is -2.69. The maximum absolute atomic E-state index is 16.2. The van der Waals surface area contributed by atoms with Crippen LogP contribution in [0.1, 0.15) is 177 Å². The first kappa shape index (κ1) is 92.3. The number of nitrogens with one attached hydrogen (secondary N) is 1. The van der Waals surface area contributed by atoms with Gasteiger partial charge >= 0.3 is 5.97 Å². The van der Waals surface area contributed by atoms with Crippen LogP contribution >= 0.6 is 0 Å². The Morgan fingerprint density at radius 1 is 0.534 bits per heavy atom. The maximum Gasteiger partial charge on any atom is 0.317 e. The van der Waals surface area contributed by atoms with Crippen molar-refractivity contribution in [2.24, 2.45) is 50.2 Å². The van der Waals surface area contributed by atoms with Crippen molar-refractivity contribution >= 4 is 18.2 Å². The summed E-state index contributed by atoms with van der Waals surface area (Å²) < 4.78 is 85.3. The predicted octanol–water partition coefficient (Wildman–Crippen LogP) is -2.78. The number of aliphatic hydroxyl groups is 18. The fourth-order valence-corrected chi connectivity index (χ4v) is 21.8. The number of aldehydes is 1. The molecule has 7 saturated heterocycles. The average molecular weight is 1670 g/mol. The number of ether oxygens (including phenoxy) is 14. The topological polar surface area (TPSA) is 557 Å². The van der Waals surface area contributed by atoms with Crippen LogP contribution in [0.25, 0.3) is 0 Å². The normalized spacial score (nSPS) is 50.2. The van der Waals surface area contributed by atoms with Crippen LogP contribution in [-0.4, -0.2) is 352 Å². The molecule has 36 heteroatoms. The Hall–Kier alpha value is -2.89. The van der Waals surface area contributed by atoms with Crippen molar-refractivity contribution in [2.45, 2.75) is 373 Å². The number of hydrogen-bond acceptors (Lipinski definition) is 35. The number of carbonyl (C=O) groups is 3. The van der Waals surface area contributed by atoms with Gasteiger partial charge in [-0.3, -0.25) is 9.59 Å². The summed E-state index contributed by atoms with van der Waals surface area (Å²) in [6.45, 7) is 11.5. The van der Waals surface area contributed by atoms with E-state index in [2.05, 4.69) is 52.9 Å². The molecular weight excluding hydrogens is 1530 g/mol. The van der Waals surface area contributed by atoms with Crippen molar-refractivity contribution < 1.29 is 173 Å². The first-order valence-corrected chi connectivity index (χ1v) is 42.0. The molecule has 7 aliphatic heterocycles. The van der Waals surface area contributed by atoms with Gasteiger partial charge < -0.3 is 168 Å². The van der Waals surface area contributed by atoms with E-state index in [0.717, 1.165) is 56.8 Å². The lowest BCUT2D eigenvalue weighted by atomic mass is 9.33. The lowest BCUT2D eigenvalue weighted by Crippen LogP contribution is -2.70. The Morgan fingerprint density at radius 2 is 1.11 bits per heavy atom. The molecule has 0 aromatic rings. The molecule has 0 radical (unpaired) electrons. The van der Waals surface area contributed by atoms with Gasteiger partial charge in [-0.15, -0.1) is 0 Å². The van der Waals surface area contributed by atoms with Gasteiger partial charge in [0, 0.05) is 6.42 Å². The number of esters is 1. The van der Waals surface area contributed by atoms with E-state index < -0.39 is 299 Å². The predicted molar refractivity (Wildman–Crippen MR) is 395 cm³/mol. The zero-order chi connectivity index (χ0) is 84.3. The van der Waals surface area contributed by atoms with Crippen molar-refractivity contribution in [1.82, 2.24) is 5.32 Å². The SMILES string of the molecule is CCCCCCCCCCCC(=O)N[C@@H]1C(O)C(O[C@@H]2OC(C)[C@H](O[C@@H]3OC[C@@H](O)C(O[C@@H]4OC[C@@](O)(CO)C4O)C3O)C(O)C2O)[C@H](OC(=O)[C@]23CCC(C)(C)CC2C2=CCC4C5(C)CC[C@H](O[C@@H]6OC[C@@H](O)[C@H](O[C@@H]7OC[C@@H](O)[C@H](O)C7O)C6O[C@@H]6OC(CO)[C@H](O)[C@H](O)C6O)C(C)(C=O)[C@@H]5CCC4(C)C2(C)C[C@H]3O)O[C@@H]1CO. The van der Waals surface area contributed by atoms with E-state index in [1.54, 1.807) is 0 Å². The molecule has 7 heterocycles. The highest BCUT2D eigenvalue weighted by atomic mass is 16.8. The van der Waals surface area contributed by atoms with Gasteiger partial charge in [0.05, 0.1) is 76.0 Å². The van der Waals surface area contributed by atoms with E-state index in [0.29, 0.717) is 44.9 Å². The zero-order valence-corrected chi connectivity index (χ0v) is 67.7. The van der Waals surface area contributed by atoms with E-state index in [4.69, 9.17) is 66.3 Å². The summed E-state index contributed by atoms with van der Waals surface area (Å²) in [4.78, 5) is 44.4. The van der Waals surface area contributed by atoms with Gasteiger partial charge in [0.15, 0.2) is 43.8 Å². The number of aliphatic hydroxyl groups excluding tert-OH is 17. The molecule has 36 nitrogen and oxygen atoms in total. The molecule has 0 aromatic carbocycles. The Labute approximate surface area is 675 Å². The molecule has 1 amide bonds. The molecule has 116 heavy (non-hydrogen) atoms. The minimum Gasteiger partial charge on any atom is -0.432 e. The summed E-state index contributed by atoms with van der Waals surface area (Å²) in [6, 6.07) is -1.44. The van der Waals surface area contributed by atoms with Crippen LogP contribution in [0, 0.1) is 50.2 Å². The van der Waals surface area contributed by atoms with Crippen LogP contribution in [-0.2, 0) is 80.7 Å². The molecule has 12 rings (SSSR count). The minimum atomic E-state index is -2.11. The molecule has 0 aromatic heterocycles. The third-order valence-electron chi connectivity index (χ3n) is 29.1. The van der Waals surface area contributed by atoms with Crippen molar-refractivity contribution in [3.63, 3.8) is 0 Å². The van der Waals surface area contributed by atoms with Gasteiger partial charge in [0.25, 0.3) is 0 Å². The number of hydrogen-bond donors (Lipinski definition) is 19. The van der Waals surface area contributed by atoms with Gasteiger partial charge in [-0.25, -0.2) is 0 Å². The maximum atomic E-state index is 16.2. The van der Waals surface area contributed by atoms with Crippen LogP contribution < -0.4 is 5.32 Å². The van der Waals surface area contributed by atoms with Crippen LogP contribution in [0.5, 0.6) is 0 Å². The first-order chi connectivity index (χ1) is 54.8. The number of rotatable bonds is 29. The molecular formula is C80H131NO35. The highest BCUT2D eigenvalue weighted by Crippen LogP contribution is 2.76. The second kappa shape index (κ2) is 37.1. The van der Waals surface area contributed by atoms with E-state index in [1.807, 2.05) is 6.92 Å². The Bertz CT molecular complexity index is 3290. The highest BCUT2D eigenvalue weighted by Gasteiger charge is 2.73. The van der Waals surface area contributed by atoms with Crippen LogP contribution in [0.2, 0.25) is 0 Å². The highest BCUT2D eigenvalue weighted by molar-refractivity contribution is 5.80. The van der Waals surface area contributed by atoms with Crippen LogP contribution in [0.4, 0.5) is 0 Å². The standard InChI is InChI=1S/C80H131NO35/c1-9-10-11-12-13-14-15-16-17-18-49(90)81-50-43(29-82)108-71(63(53(50)93)114-68-58(98)55(95)60(37(2)107-68)111-67-59(99)61(41(87)32-104-67)112-72-65(100)79(102,35-85)36-106-72)116-73(101)80-26-25-74(3,4)27-39(80)38-19-20-46-75(5)23-22-48(76(6,34-84)45(75)21-24-77(46,7)78(38,8)28-47(80)89)110-70-64(115-69-57(97)54(94)52(92)44(30-83)109-69)62(42(88)33-105-70)113-66-56(96)51(91)40(86)31-103-66/h19,34,37,39-48,50-72,82-83,85-89,91-100,102H,9-18,20-33,35-36H2,1-8H3,(H,81,90)/t37?,39?,40-,41-,42-,43-,44?,45-,46?,47-,48+,50+,51+,52+,53?,54+,55?,56?,57?,58?,59?,60+,61?,62+,63?,64?,65?,66+,67+,68+,69+,70+,71+,72+,75?,76?,77?,78?,79+,80-/m1/s1. The molecule has 18 unspecified atom stereocenters. The lowest BCUT2D eigenvalue weighted by molar-refractivity contribution is -0.384. The third-order valence-corrected chi connectivity index (χ3v) is 29.1. The quantitative estimate of drug-likeness (QED) is 0.0118. The molecule has 4 saturated carbocycles. The second-order valence-corrected chi connectivity index (χ2v) is 37.0. The molecule has 666 valence electrons. The summed E-state index contributed by atoms with van der Waals surface area (Å²) >= 11 is 0. The summed E-state index contributed by atoms with van der Waals surface area (Å²) in [7, 11) is 0. The lowest BCUT2D eigenvalue weighted by Gasteiger charge is -2.71. The van der Waals surface area contributed by atoms with Gasteiger partial charge in [-0.2, -0.15) is 0 Å². The molecule has 5 aliphatic carbocycles. The molecule has 19 N–H and O–H groups in total. The minimum absolute atomic E-state index is 0.0398. The van der Waals surface area contributed by atoms with Crippen LogP contribution in [0.3, 0.4) is 0 Å². The van der Waals surface area contributed by atoms with E-state index >= 15 is 4.79 Å². The third kappa shape index (κ3) is 17.4. The molecule has 12 aliphatic rings. The number of fused-ring (bicyclic) bond motifs is 7. The average Bonchev–Trinajstić information content (AvgIpc) is 0.814. The summed E-state index contributed by atoms with van der Waals surface area (Å²) in [5.41, 5.74) is -6.70. The van der Waals surface area contributed by atoms with Gasteiger partial charge in [-0.1, -0.05) is 111 Å². The fourth-order valence-electron chi connectivity index (χ4n) is 21.8. The van der Waals surface area contributed by atoms with Crippen molar-refractivity contribution in [3.8, 4) is 0 Å². The Balaban J connectivity index is 0.790. The largest absolute Gasteiger partial charge is 0.432 e. The fraction of sp³-hybridized carbons (Fsp3) is 0.938. The monoisotopic (exact) mass is 1670 g/mol.